The molecule has 1 aliphatic rings. The molecule has 4 rings (SSSR count). The van der Waals surface area contributed by atoms with Gasteiger partial charge in [-0.25, -0.2) is 0 Å². The summed E-state index contributed by atoms with van der Waals surface area (Å²) < 4.78 is 14.8. The van der Waals surface area contributed by atoms with Gasteiger partial charge in [0.2, 0.25) is 0 Å². The van der Waals surface area contributed by atoms with Gasteiger partial charge in [0.05, 0.1) is 7.98 Å². The first-order valence-electron chi connectivity index (χ1n) is 14.3. The number of rotatable bonds is 15. The van der Waals surface area contributed by atoms with Gasteiger partial charge in [-0.3, -0.25) is 9.59 Å². The number of carbonyl (C=O) groups excluding carboxylic acids is 1. The lowest BCUT2D eigenvalue weighted by Gasteiger charge is -2.24. The standard InChI is InChI=1S/C33H39NO4/c1-2-3-9-25-13-15-26(16-14-25)27-17-19-28(20-18-27)33(37)34(30-21-22-30)24-29-10-6-7-11-31(29)38-23-8-4-5-12-32(35)36/h6-7,10-11,13-20,30H,2-5,8-9,12,21-24H2,1H3,(H,35,36)/i30D. The summed E-state index contributed by atoms with van der Waals surface area (Å²) >= 11 is 0. The van der Waals surface area contributed by atoms with Crippen molar-refractivity contribution in [1.82, 2.24) is 4.90 Å². The normalized spacial score (nSPS) is 14.0. The van der Waals surface area contributed by atoms with Crippen LogP contribution in [-0.2, 0) is 17.8 Å². The Hall–Kier alpha value is -3.60. The molecule has 38 heavy (non-hydrogen) atoms. The lowest BCUT2D eigenvalue weighted by atomic mass is 10.0. The summed E-state index contributed by atoms with van der Waals surface area (Å²) in [5, 5.41) is 8.79. The molecule has 1 saturated carbocycles. The van der Waals surface area contributed by atoms with E-state index in [-0.39, 0.29) is 12.3 Å². The number of aryl methyl sites for hydroxylation is 1. The molecule has 0 aromatic heterocycles. The summed E-state index contributed by atoms with van der Waals surface area (Å²) in [5.74, 6) is -0.218. The van der Waals surface area contributed by atoms with E-state index < -0.39 is 12.0 Å². The van der Waals surface area contributed by atoms with Crippen LogP contribution >= 0.6 is 0 Å². The van der Waals surface area contributed by atoms with Gasteiger partial charge in [0.25, 0.3) is 5.91 Å². The van der Waals surface area contributed by atoms with Gasteiger partial charge in [-0.15, -0.1) is 0 Å². The fourth-order valence-corrected chi connectivity index (χ4v) is 4.54. The van der Waals surface area contributed by atoms with Crippen LogP contribution in [0.1, 0.15) is 81.1 Å². The Labute approximate surface area is 227 Å². The molecule has 5 nitrogen and oxygen atoms in total. The minimum absolute atomic E-state index is 0.146. The summed E-state index contributed by atoms with van der Waals surface area (Å²) in [6.07, 6.45) is 7.14. The van der Waals surface area contributed by atoms with Gasteiger partial charge in [0, 0.05) is 30.1 Å². The monoisotopic (exact) mass is 514 g/mol. The molecule has 1 N–H and O–H groups in total. The number of ether oxygens (including phenoxy) is 1. The van der Waals surface area contributed by atoms with Crippen molar-refractivity contribution >= 4 is 11.9 Å². The lowest BCUT2D eigenvalue weighted by molar-refractivity contribution is -0.137. The van der Waals surface area contributed by atoms with Crippen molar-refractivity contribution in [2.75, 3.05) is 6.61 Å². The largest absolute Gasteiger partial charge is 0.493 e. The Bertz CT molecular complexity index is 1240. The van der Waals surface area contributed by atoms with Gasteiger partial charge in [0.1, 0.15) is 5.75 Å². The van der Waals surface area contributed by atoms with Gasteiger partial charge in [-0.05, 0) is 79.8 Å². The number of carboxylic acids is 1. The summed E-state index contributed by atoms with van der Waals surface area (Å²) in [4.78, 5) is 26.0. The average molecular weight is 515 g/mol. The Morgan fingerprint density at radius 2 is 1.61 bits per heavy atom. The molecular weight excluding hydrogens is 474 g/mol. The number of aliphatic carboxylic acids is 1. The van der Waals surface area contributed by atoms with Gasteiger partial charge >= 0.3 is 5.97 Å². The first-order valence-corrected chi connectivity index (χ1v) is 13.8. The molecule has 0 unspecified atom stereocenters. The van der Waals surface area contributed by atoms with Gasteiger partial charge < -0.3 is 14.7 Å². The summed E-state index contributed by atoms with van der Waals surface area (Å²) in [6.45, 7) is 2.99. The zero-order chi connectivity index (χ0) is 27.7. The fourth-order valence-electron chi connectivity index (χ4n) is 4.54. The second kappa shape index (κ2) is 13.8. The molecule has 5 heteroatoms. The van der Waals surface area contributed by atoms with Crippen molar-refractivity contribution in [1.29, 1.82) is 0 Å². The van der Waals surface area contributed by atoms with Crippen molar-refractivity contribution in [3.8, 4) is 16.9 Å². The first kappa shape index (κ1) is 26.0. The van der Waals surface area contributed by atoms with E-state index in [1.165, 1.54) is 18.4 Å². The molecular formula is C33H39NO4. The zero-order valence-electron chi connectivity index (χ0n) is 23.3. The van der Waals surface area contributed by atoms with E-state index >= 15 is 0 Å². The number of nitrogens with zero attached hydrogens (tertiary/aromatic N) is 1. The Kier molecular flexibility index (Phi) is 9.45. The molecule has 0 bridgehead atoms. The third-order valence-corrected chi connectivity index (χ3v) is 6.93. The number of benzene rings is 3. The van der Waals surface area contributed by atoms with Crippen molar-refractivity contribution in [3.63, 3.8) is 0 Å². The maximum Gasteiger partial charge on any atom is 0.303 e. The third-order valence-electron chi connectivity index (χ3n) is 6.93. The van der Waals surface area contributed by atoms with Crippen LogP contribution in [0.3, 0.4) is 0 Å². The minimum atomic E-state index is -0.895. The Morgan fingerprint density at radius 1 is 0.921 bits per heavy atom. The first-order chi connectivity index (χ1) is 18.9. The third kappa shape index (κ3) is 7.95. The Balaban J connectivity index is 1.42. The molecule has 3 aromatic carbocycles. The van der Waals surface area contributed by atoms with Crippen molar-refractivity contribution in [2.24, 2.45) is 0 Å². The van der Waals surface area contributed by atoms with Crippen LogP contribution < -0.4 is 4.74 Å². The van der Waals surface area contributed by atoms with Crippen LogP contribution in [0.5, 0.6) is 5.75 Å². The zero-order valence-corrected chi connectivity index (χ0v) is 22.3. The van der Waals surface area contributed by atoms with Gasteiger partial charge in [0.15, 0.2) is 0 Å². The van der Waals surface area contributed by atoms with E-state index in [9.17, 15) is 9.59 Å². The van der Waals surface area contributed by atoms with Crippen LogP contribution in [0.4, 0.5) is 0 Å². The van der Waals surface area contributed by atoms with E-state index in [0.717, 1.165) is 36.0 Å². The summed E-state index contributed by atoms with van der Waals surface area (Å²) in [7, 11) is 0. The molecule has 0 aliphatic heterocycles. The second-order valence-electron chi connectivity index (χ2n) is 10.00. The number of unbranched alkanes of at least 4 members (excludes halogenated alkanes) is 3. The highest BCUT2D eigenvalue weighted by molar-refractivity contribution is 5.95. The molecule has 0 spiro atoms. The topological polar surface area (TPSA) is 66.8 Å². The quantitative estimate of drug-likeness (QED) is 0.213. The summed E-state index contributed by atoms with van der Waals surface area (Å²) in [5.41, 5.74) is 4.98. The molecule has 0 heterocycles. The predicted molar refractivity (Wildman–Crippen MR) is 151 cm³/mol. The number of carbonyl (C=O) groups is 2. The van der Waals surface area contributed by atoms with Crippen LogP contribution in [0, 0.1) is 0 Å². The second-order valence-corrected chi connectivity index (χ2v) is 10.00. The number of hydrogen-bond donors (Lipinski definition) is 1. The minimum Gasteiger partial charge on any atom is -0.493 e. The highest BCUT2D eigenvalue weighted by Gasteiger charge is 2.33. The Morgan fingerprint density at radius 3 is 2.26 bits per heavy atom. The highest BCUT2D eigenvalue weighted by Crippen LogP contribution is 2.32. The molecule has 0 radical (unpaired) electrons. The highest BCUT2D eigenvalue weighted by atomic mass is 16.5. The molecule has 0 saturated heterocycles. The van der Waals surface area contributed by atoms with E-state index in [4.69, 9.17) is 11.2 Å². The van der Waals surface area contributed by atoms with E-state index in [2.05, 4.69) is 31.2 Å². The number of para-hydroxylation sites is 1. The number of carboxylic acid groups (broad SMARTS) is 1. The van der Waals surface area contributed by atoms with Crippen LogP contribution in [0.2, 0.25) is 0 Å². The molecule has 1 aliphatic carbocycles. The van der Waals surface area contributed by atoms with Crippen molar-refractivity contribution < 1.29 is 20.8 Å². The van der Waals surface area contributed by atoms with Crippen molar-refractivity contribution in [3.05, 3.63) is 89.5 Å². The smallest absolute Gasteiger partial charge is 0.303 e. The maximum atomic E-state index is 13.6. The number of hydrogen-bond acceptors (Lipinski definition) is 3. The van der Waals surface area contributed by atoms with E-state index in [1.807, 2.05) is 48.5 Å². The molecule has 1 amide bonds. The van der Waals surface area contributed by atoms with Crippen LogP contribution in [0.25, 0.3) is 11.1 Å². The summed E-state index contributed by atoms with van der Waals surface area (Å²) in [6, 6.07) is 23.1. The predicted octanol–water partition coefficient (Wildman–Crippen LogP) is 7.52. The molecule has 3 aromatic rings. The lowest BCUT2D eigenvalue weighted by Crippen LogP contribution is -2.32. The molecule has 200 valence electrons. The van der Waals surface area contributed by atoms with Gasteiger partial charge in [-0.1, -0.05) is 67.9 Å². The van der Waals surface area contributed by atoms with E-state index in [1.54, 1.807) is 4.90 Å². The van der Waals surface area contributed by atoms with Gasteiger partial charge in [-0.2, -0.15) is 0 Å². The molecule has 0 atom stereocenters. The molecule has 1 fully saturated rings. The van der Waals surface area contributed by atoms with Crippen LogP contribution in [0.15, 0.2) is 72.8 Å². The average Bonchev–Trinajstić information content (AvgIpc) is 3.70. The maximum absolute atomic E-state index is 13.6. The van der Waals surface area contributed by atoms with Crippen molar-refractivity contribution in [2.45, 2.75) is 77.3 Å². The van der Waals surface area contributed by atoms with Crippen LogP contribution in [-0.4, -0.2) is 34.5 Å². The fraction of sp³-hybridized carbons (Fsp3) is 0.394. The number of amides is 1. The van der Waals surface area contributed by atoms with E-state index in [0.29, 0.717) is 43.7 Å². The SMILES string of the molecule is [2H]C1(N(Cc2ccccc2OCCCCCC(=O)O)C(=O)c2ccc(-c3ccc(CCCC)cc3)cc2)CC1.